The number of anilines is 1. The highest BCUT2D eigenvalue weighted by Gasteiger charge is 2.25. The number of nitro benzene ring substituents is 1. The Balaban J connectivity index is 2.21. The smallest absolute Gasteiger partial charge is 0.333 e. The quantitative estimate of drug-likeness (QED) is 0.663. The monoisotopic (exact) mass is 280 g/mol. The van der Waals surface area contributed by atoms with Gasteiger partial charge in [0.1, 0.15) is 5.69 Å². The Morgan fingerprint density at radius 1 is 1.55 bits per heavy atom. The summed E-state index contributed by atoms with van der Waals surface area (Å²) in [4.78, 5) is 10.9. The van der Waals surface area contributed by atoms with Gasteiger partial charge in [0.15, 0.2) is 5.75 Å². The Hall–Kier alpha value is -1.82. The molecule has 0 radical (unpaired) electrons. The third-order valence-electron chi connectivity index (χ3n) is 3.33. The van der Waals surface area contributed by atoms with Gasteiger partial charge >= 0.3 is 5.69 Å². The molecule has 0 aliphatic carbocycles. The molecule has 1 aliphatic heterocycles. The predicted molar refractivity (Wildman–Crippen MR) is 76.3 cm³/mol. The highest BCUT2D eigenvalue weighted by atomic mass is 16.6. The number of nitrogens with zero attached hydrogens (tertiary/aromatic N) is 1. The minimum atomic E-state index is -0.393. The summed E-state index contributed by atoms with van der Waals surface area (Å²) in [7, 11) is 0. The largest absolute Gasteiger partial charge is 0.487 e. The number of rotatable bonds is 5. The van der Waals surface area contributed by atoms with Crippen molar-refractivity contribution in [2.45, 2.75) is 38.8 Å². The first-order valence-corrected chi connectivity index (χ1v) is 6.90. The van der Waals surface area contributed by atoms with Crippen LogP contribution in [0.25, 0.3) is 0 Å². The Labute approximate surface area is 118 Å². The van der Waals surface area contributed by atoms with Gasteiger partial charge in [0.2, 0.25) is 0 Å². The van der Waals surface area contributed by atoms with Crippen LogP contribution in [-0.4, -0.2) is 30.3 Å². The van der Waals surface area contributed by atoms with E-state index in [4.69, 9.17) is 9.47 Å². The van der Waals surface area contributed by atoms with Crippen molar-refractivity contribution in [3.63, 3.8) is 0 Å². The molecule has 6 nitrogen and oxygen atoms in total. The summed E-state index contributed by atoms with van der Waals surface area (Å²) in [5.41, 5.74) is 0.522. The first-order chi connectivity index (χ1) is 9.61. The SMILES string of the molecule is CCOc1cccc(NC2CCOC(C)C2)c1[N+](=O)[O-]. The Kier molecular flexibility index (Phi) is 4.79. The molecule has 0 aromatic heterocycles. The standard InChI is InChI=1S/C14H20N2O4/c1-3-19-13-6-4-5-12(14(13)16(17)18)15-11-7-8-20-10(2)9-11/h4-6,10-11,15H,3,7-9H2,1-2H3. The van der Waals surface area contributed by atoms with Crippen LogP contribution in [0.4, 0.5) is 11.4 Å². The maximum Gasteiger partial charge on any atom is 0.333 e. The molecule has 1 aromatic carbocycles. The van der Waals surface area contributed by atoms with Crippen LogP contribution >= 0.6 is 0 Å². The molecule has 1 N–H and O–H groups in total. The topological polar surface area (TPSA) is 73.6 Å². The van der Waals surface area contributed by atoms with E-state index in [2.05, 4.69) is 5.32 Å². The summed E-state index contributed by atoms with van der Waals surface area (Å²) in [5.74, 6) is 0.308. The van der Waals surface area contributed by atoms with Crippen LogP contribution in [0.2, 0.25) is 0 Å². The molecule has 2 rings (SSSR count). The van der Waals surface area contributed by atoms with E-state index in [1.807, 2.05) is 13.8 Å². The molecule has 1 aliphatic rings. The molecular weight excluding hydrogens is 260 g/mol. The first kappa shape index (κ1) is 14.6. The molecule has 20 heavy (non-hydrogen) atoms. The van der Waals surface area contributed by atoms with Crippen LogP contribution < -0.4 is 10.1 Å². The maximum absolute atomic E-state index is 11.3. The van der Waals surface area contributed by atoms with Crippen molar-refractivity contribution in [1.82, 2.24) is 0 Å². The fraction of sp³-hybridized carbons (Fsp3) is 0.571. The van der Waals surface area contributed by atoms with E-state index in [-0.39, 0.29) is 17.8 Å². The number of nitro groups is 1. The van der Waals surface area contributed by atoms with Gasteiger partial charge in [0, 0.05) is 12.6 Å². The molecule has 1 aromatic rings. The highest BCUT2D eigenvalue weighted by Crippen LogP contribution is 2.36. The minimum Gasteiger partial charge on any atom is -0.487 e. The van der Waals surface area contributed by atoms with Crippen LogP contribution in [0.15, 0.2) is 18.2 Å². The normalized spacial score (nSPS) is 22.3. The molecule has 2 atom stereocenters. The van der Waals surface area contributed by atoms with Crippen molar-refractivity contribution in [3.05, 3.63) is 28.3 Å². The van der Waals surface area contributed by atoms with E-state index in [1.165, 1.54) is 0 Å². The van der Waals surface area contributed by atoms with Crippen molar-refractivity contribution in [3.8, 4) is 5.75 Å². The molecule has 0 spiro atoms. The van der Waals surface area contributed by atoms with Gasteiger partial charge in [-0.3, -0.25) is 10.1 Å². The second-order valence-corrected chi connectivity index (χ2v) is 4.89. The number of nitrogens with one attached hydrogen (secondary N) is 1. The summed E-state index contributed by atoms with van der Waals surface area (Å²) >= 11 is 0. The van der Waals surface area contributed by atoms with Gasteiger partial charge in [-0.15, -0.1) is 0 Å². The van der Waals surface area contributed by atoms with E-state index >= 15 is 0 Å². The zero-order chi connectivity index (χ0) is 14.5. The van der Waals surface area contributed by atoms with E-state index in [0.29, 0.717) is 24.7 Å². The molecular formula is C14H20N2O4. The molecule has 0 saturated carbocycles. The third-order valence-corrected chi connectivity index (χ3v) is 3.33. The molecule has 0 bridgehead atoms. The molecule has 6 heteroatoms. The first-order valence-electron chi connectivity index (χ1n) is 6.90. The van der Waals surface area contributed by atoms with Crippen LogP contribution in [0.1, 0.15) is 26.7 Å². The van der Waals surface area contributed by atoms with Crippen molar-refractivity contribution in [1.29, 1.82) is 0 Å². The summed E-state index contributed by atoms with van der Waals surface area (Å²) in [5, 5.41) is 14.5. The van der Waals surface area contributed by atoms with Gasteiger partial charge in [-0.05, 0) is 38.8 Å². The molecule has 2 unspecified atom stereocenters. The lowest BCUT2D eigenvalue weighted by molar-refractivity contribution is -0.385. The summed E-state index contributed by atoms with van der Waals surface area (Å²) in [6.45, 7) is 4.90. The van der Waals surface area contributed by atoms with Crippen molar-refractivity contribution in [2.24, 2.45) is 0 Å². The van der Waals surface area contributed by atoms with Crippen molar-refractivity contribution in [2.75, 3.05) is 18.5 Å². The van der Waals surface area contributed by atoms with E-state index < -0.39 is 4.92 Å². The molecule has 1 heterocycles. The van der Waals surface area contributed by atoms with Crippen LogP contribution in [0.3, 0.4) is 0 Å². The van der Waals surface area contributed by atoms with Crippen LogP contribution in [0, 0.1) is 10.1 Å². The number of para-hydroxylation sites is 1. The Bertz CT molecular complexity index is 478. The molecule has 1 saturated heterocycles. The third kappa shape index (κ3) is 3.39. The number of hydrogen-bond donors (Lipinski definition) is 1. The second kappa shape index (κ2) is 6.56. The molecule has 1 fully saturated rings. The van der Waals surface area contributed by atoms with Gasteiger partial charge < -0.3 is 14.8 Å². The van der Waals surface area contributed by atoms with E-state index in [9.17, 15) is 10.1 Å². The minimum absolute atomic E-state index is 0.00787. The highest BCUT2D eigenvalue weighted by molar-refractivity contribution is 5.68. The fourth-order valence-electron chi connectivity index (χ4n) is 2.45. The maximum atomic E-state index is 11.3. The predicted octanol–water partition coefficient (Wildman–Crippen LogP) is 2.97. The van der Waals surface area contributed by atoms with Gasteiger partial charge in [-0.1, -0.05) is 6.07 Å². The average Bonchev–Trinajstić information content (AvgIpc) is 2.39. The lowest BCUT2D eigenvalue weighted by Crippen LogP contribution is -2.32. The van der Waals surface area contributed by atoms with Gasteiger partial charge in [0.25, 0.3) is 0 Å². The van der Waals surface area contributed by atoms with Crippen LogP contribution in [0.5, 0.6) is 5.75 Å². The van der Waals surface area contributed by atoms with E-state index in [1.54, 1.807) is 18.2 Å². The summed E-state index contributed by atoms with van der Waals surface area (Å²) in [6, 6.07) is 5.30. The van der Waals surface area contributed by atoms with Gasteiger partial charge in [-0.2, -0.15) is 0 Å². The number of benzene rings is 1. The van der Waals surface area contributed by atoms with Crippen molar-refractivity contribution < 1.29 is 14.4 Å². The Morgan fingerprint density at radius 3 is 3.00 bits per heavy atom. The summed E-state index contributed by atoms with van der Waals surface area (Å²) < 4.78 is 10.8. The van der Waals surface area contributed by atoms with Crippen molar-refractivity contribution >= 4 is 11.4 Å². The zero-order valence-corrected chi connectivity index (χ0v) is 11.8. The zero-order valence-electron chi connectivity index (χ0n) is 11.8. The lowest BCUT2D eigenvalue weighted by Gasteiger charge is -2.28. The summed E-state index contributed by atoms with van der Waals surface area (Å²) in [6.07, 6.45) is 1.87. The second-order valence-electron chi connectivity index (χ2n) is 4.89. The molecule has 110 valence electrons. The lowest BCUT2D eigenvalue weighted by atomic mass is 10.0. The fourth-order valence-corrected chi connectivity index (χ4v) is 2.45. The molecule has 0 amide bonds. The Morgan fingerprint density at radius 2 is 2.35 bits per heavy atom. The van der Waals surface area contributed by atoms with Gasteiger partial charge in [0.05, 0.1) is 17.6 Å². The average molecular weight is 280 g/mol. The number of ether oxygens (including phenoxy) is 2. The number of hydrogen-bond acceptors (Lipinski definition) is 5. The van der Waals surface area contributed by atoms with Gasteiger partial charge in [-0.25, -0.2) is 0 Å². The van der Waals surface area contributed by atoms with E-state index in [0.717, 1.165) is 12.8 Å². The van der Waals surface area contributed by atoms with Crippen LogP contribution in [-0.2, 0) is 4.74 Å².